The monoisotopic (exact) mass is 430 g/mol. The summed E-state index contributed by atoms with van der Waals surface area (Å²) in [5, 5.41) is 0. The number of fused-ring (bicyclic) bond motifs is 1. The summed E-state index contributed by atoms with van der Waals surface area (Å²) >= 11 is 0. The highest BCUT2D eigenvalue weighted by Crippen LogP contribution is 2.65. The van der Waals surface area contributed by atoms with Crippen molar-refractivity contribution in [2.45, 2.75) is 64.4 Å². The first-order valence-electron chi connectivity index (χ1n) is 10.7. The maximum atomic E-state index is 13.4. The van der Waals surface area contributed by atoms with Crippen LogP contribution in [0.3, 0.4) is 0 Å². The maximum Gasteiger partial charge on any atom is 0.322 e. The van der Waals surface area contributed by atoms with Crippen LogP contribution in [0.25, 0.3) is 0 Å². The van der Waals surface area contributed by atoms with E-state index in [1.165, 1.54) is 14.0 Å². The van der Waals surface area contributed by atoms with Gasteiger partial charge in [0.25, 0.3) is 0 Å². The van der Waals surface area contributed by atoms with Gasteiger partial charge >= 0.3 is 17.9 Å². The van der Waals surface area contributed by atoms with E-state index in [1.54, 1.807) is 18.6 Å². The zero-order chi connectivity index (χ0) is 22.0. The predicted molar refractivity (Wildman–Crippen MR) is 104 cm³/mol. The SMILES string of the molecule is COC(=O)[C@@]12CCCC3=C1[C@H](C[C@@H](C)[C@]31C[C@@H](c3ccoc3)OC1=O)O[C@@H]2OC(C)=O. The second-order valence-corrected chi connectivity index (χ2v) is 9.04. The summed E-state index contributed by atoms with van der Waals surface area (Å²) in [7, 11) is 1.32. The Morgan fingerprint density at radius 1 is 1.26 bits per heavy atom. The zero-order valence-corrected chi connectivity index (χ0v) is 17.8. The lowest BCUT2D eigenvalue weighted by Gasteiger charge is -2.46. The molecule has 2 aliphatic carbocycles. The molecule has 3 heterocycles. The summed E-state index contributed by atoms with van der Waals surface area (Å²) < 4.78 is 27.9. The molecule has 0 unspecified atom stereocenters. The first kappa shape index (κ1) is 20.3. The van der Waals surface area contributed by atoms with Gasteiger partial charge in [-0.1, -0.05) is 6.92 Å². The molecule has 0 radical (unpaired) electrons. The highest BCUT2D eigenvalue weighted by Gasteiger charge is 2.69. The molecule has 166 valence electrons. The normalized spacial score (nSPS) is 38.7. The molecule has 0 saturated carbocycles. The van der Waals surface area contributed by atoms with Gasteiger partial charge in [0.2, 0.25) is 6.29 Å². The Morgan fingerprint density at radius 2 is 2.06 bits per heavy atom. The molecule has 1 aromatic rings. The fraction of sp³-hybridized carbons (Fsp3) is 0.609. The molecule has 2 saturated heterocycles. The molecule has 31 heavy (non-hydrogen) atoms. The van der Waals surface area contributed by atoms with Gasteiger partial charge in [-0.25, -0.2) is 0 Å². The van der Waals surface area contributed by atoms with Gasteiger partial charge < -0.3 is 23.4 Å². The number of cyclic esters (lactones) is 1. The molecule has 4 aliphatic rings. The molecular weight excluding hydrogens is 404 g/mol. The van der Waals surface area contributed by atoms with Gasteiger partial charge in [0, 0.05) is 18.9 Å². The third-order valence-corrected chi connectivity index (χ3v) is 7.62. The molecule has 2 aliphatic heterocycles. The number of carbonyl (C=O) groups is 3. The van der Waals surface area contributed by atoms with Crippen LogP contribution in [0.5, 0.6) is 0 Å². The zero-order valence-electron chi connectivity index (χ0n) is 17.8. The second kappa shape index (κ2) is 6.95. The van der Waals surface area contributed by atoms with E-state index in [9.17, 15) is 14.4 Å². The number of rotatable bonds is 3. The van der Waals surface area contributed by atoms with Crippen molar-refractivity contribution in [1.29, 1.82) is 0 Å². The van der Waals surface area contributed by atoms with Crippen molar-refractivity contribution < 1.29 is 37.7 Å². The average molecular weight is 430 g/mol. The van der Waals surface area contributed by atoms with Crippen LogP contribution >= 0.6 is 0 Å². The first-order valence-corrected chi connectivity index (χ1v) is 10.7. The van der Waals surface area contributed by atoms with E-state index in [2.05, 4.69) is 0 Å². The van der Waals surface area contributed by atoms with E-state index in [-0.39, 0.29) is 11.9 Å². The Kier molecular flexibility index (Phi) is 4.55. The summed E-state index contributed by atoms with van der Waals surface area (Å²) in [6.45, 7) is 3.32. The molecule has 8 nitrogen and oxygen atoms in total. The smallest absolute Gasteiger partial charge is 0.322 e. The van der Waals surface area contributed by atoms with E-state index in [0.29, 0.717) is 32.1 Å². The molecule has 2 fully saturated rings. The first-order chi connectivity index (χ1) is 14.8. The highest BCUT2D eigenvalue weighted by molar-refractivity contribution is 5.88. The number of methoxy groups -OCH3 is 1. The number of esters is 3. The summed E-state index contributed by atoms with van der Waals surface area (Å²) in [5.41, 5.74) is 0.417. The van der Waals surface area contributed by atoms with Gasteiger partial charge in [0.15, 0.2) is 5.41 Å². The van der Waals surface area contributed by atoms with Crippen molar-refractivity contribution >= 4 is 17.9 Å². The molecular formula is C23H26O8. The van der Waals surface area contributed by atoms with E-state index in [4.69, 9.17) is 23.4 Å². The summed E-state index contributed by atoms with van der Waals surface area (Å²) in [4.78, 5) is 38.4. The van der Waals surface area contributed by atoms with Crippen LogP contribution in [-0.4, -0.2) is 37.4 Å². The third kappa shape index (κ3) is 2.60. The number of furan rings is 1. The van der Waals surface area contributed by atoms with Crippen molar-refractivity contribution in [3.05, 3.63) is 35.3 Å². The average Bonchev–Trinajstić information content (AvgIpc) is 3.44. The van der Waals surface area contributed by atoms with Gasteiger partial charge in [-0.2, -0.15) is 0 Å². The van der Waals surface area contributed by atoms with Crippen molar-refractivity contribution in [2.75, 3.05) is 7.11 Å². The molecule has 8 heteroatoms. The van der Waals surface area contributed by atoms with Crippen LogP contribution < -0.4 is 0 Å². The van der Waals surface area contributed by atoms with Crippen LogP contribution in [0, 0.1) is 16.7 Å². The van der Waals surface area contributed by atoms with Gasteiger partial charge in [-0.15, -0.1) is 0 Å². The topological polar surface area (TPSA) is 101 Å². The Hall–Kier alpha value is -2.61. The largest absolute Gasteiger partial charge is 0.472 e. The highest BCUT2D eigenvalue weighted by atomic mass is 16.7. The lowest BCUT2D eigenvalue weighted by molar-refractivity contribution is -0.200. The standard InChI is InChI=1S/C23H26O8/c1-12-9-16-18-15(23(12)10-17(30-20(23)26)14-6-8-28-11-14)5-4-7-22(18,19(25)27-3)21(31-16)29-13(2)24/h6,8,11-12,16-17,21H,4-5,7,9-10H2,1-3H3/t12-,16+,17+,21+,22-,23-/m1/s1. The number of carbonyl (C=O) groups excluding carboxylic acids is 3. The third-order valence-electron chi connectivity index (χ3n) is 7.62. The minimum atomic E-state index is -1.22. The quantitative estimate of drug-likeness (QED) is 0.409. The molecule has 1 aromatic heterocycles. The number of ether oxygens (including phenoxy) is 4. The predicted octanol–water partition coefficient (Wildman–Crippen LogP) is 3.22. The molecule has 0 N–H and O–H groups in total. The molecule has 0 amide bonds. The van der Waals surface area contributed by atoms with Crippen molar-refractivity contribution in [1.82, 2.24) is 0 Å². The van der Waals surface area contributed by atoms with Gasteiger partial charge in [-0.3, -0.25) is 14.4 Å². The van der Waals surface area contributed by atoms with Gasteiger partial charge in [0.05, 0.1) is 31.2 Å². The van der Waals surface area contributed by atoms with E-state index >= 15 is 0 Å². The van der Waals surface area contributed by atoms with Crippen LogP contribution in [0.1, 0.15) is 57.6 Å². The Balaban J connectivity index is 1.67. The van der Waals surface area contributed by atoms with Crippen LogP contribution in [0.2, 0.25) is 0 Å². The number of hydrogen-bond donors (Lipinski definition) is 0. The van der Waals surface area contributed by atoms with Crippen LogP contribution in [0.15, 0.2) is 34.2 Å². The summed E-state index contributed by atoms with van der Waals surface area (Å²) in [6.07, 6.45) is 4.07. The maximum absolute atomic E-state index is 13.4. The number of hydrogen-bond acceptors (Lipinski definition) is 8. The molecule has 0 aromatic carbocycles. The minimum Gasteiger partial charge on any atom is -0.472 e. The van der Waals surface area contributed by atoms with Crippen LogP contribution in [0.4, 0.5) is 0 Å². The van der Waals surface area contributed by atoms with Crippen molar-refractivity contribution in [2.24, 2.45) is 16.7 Å². The Labute approximate surface area is 179 Å². The molecule has 1 spiro atoms. The fourth-order valence-corrected chi connectivity index (χ4v) is 6.31. The van der Waals surface area contributed by atoms with E-state index in [1.807, 2.05) is 6.92 Å². The molecule has 6 atom stereocenters. The lowest BCUT2D eigenvalue weighted by Crippen LogP contribution is -2.50. The van der Waals surface area contributed by atoms with E-state index in [0.717, 1.165) is 16.7 Å². The van der Waals surface area contributed by atoms with Crippen LogP contribution in [-0.2, 0) is 33.3 Å². The van der Waals surface area contributed by atoms with Gasteiger partial charge in [-0.05, 0) is 48.8 Å². The molecule has 5 rings (SSSR count). The Bertz CT molecular complexity index is 962. The van der Waals surface area contributed by atoms with Gasteiger partial charge in [0.1, 0.15) is 6.10 Å². The minimum absolute atomic E-state index is 0.0647. The van der Waals surface area contributed by atoms with Crippen molar-refractivity contribution in [3.63, 3.8) is 0 Å². The lowest BCUT2D eigenvalue weighted by atomic mass is 9.54. The summed E-state index contributed by atoms with van der Waals surface area (Å²) in [5.74, 6) is -1.35. The second-order valence-electron chi connectivity index (χ2n) is 9.04. The Morgan fingerprint density at radius 3 is 2.74 bits per heavy atom. The van der Waals surface area contributed by atoms with E-state index < -0.39 is 41.3 Å². The summed E-state index contributed by atoms with van der Waals surface area (Å²) in [6, 6.07) is 1.81. The van der Waals surface area contributed by atoms with Crippen molar-refractivity contribution in [3.8, 4) is 0 Å². The molecule has 0 bridgehead atoms. The fourth-order valence-electron chi connectivity index (χ4n) is 6.31.